The quantitative estimate of drug-likeness (QED) is 0.0976. The number of piperidine rings is 1. The van der Waals surface area contributed by atoms with Crippen molar-refractivity contribution in [1.82, 2.24) is 35.1 Å². The normalized spacial score (nSPS) is 22.0. The Bertz CT molecular complexity index is 3650. The number of fused-ring (bicyclic) bond motifs is 3. The SMILES string of the molecule is COc1ccc(CC[C@H]2OC(=O)[C@@H]3CCCCN3C(=O)C(=O)C(C)(C)COC(=O)C(C)CCCN(C)C(=O)[C@@H](Cc3ccccc3)NC(=O)CN(C)C(=O)[C@@H](Cc3ccccc3)NC(=O)[C@H](Cc3ccc(OC(=O)N4CCOCC4)cc3)N(C)C(=O)COc3cc(F)cc2c3)cc1OC. The maximum Gasteiger partial charge on any atom is 0.415 e. The van der Waals surface area contributed by atoms with Crippen LogP contribution in [0.4, 0.5) is 9.18 Å². The van der Waals surface area contributed by atoms with E-state index in [1.165, 1.54) is 62.9 Å². The number of cyclic esters (lactones) is 2. The van der Waals surface area contributed by atoms with Gasteiger partial charge in [0.05, 0.1) is 45.3 Å². The first-order valence-corrected chi connectivity index (χ1v) is 33.3. The second kappa shape index (κ2) is 35.6. The minimum absolute atomic E-state index is 0.0235. The Balaban J connectivity index is 1.13. The van der Waals surface area contributed by atoms with Crippen LogP contribution in [0.2, 0.25) is 0 Å². The van der Waals surface area contributed by atoms with E-state index in [-0.39, 0.29) is 75.1 Å². The third-order valence-electron chi connectivity index (χ3n) is 17.9. The number of Topliss-reactive ketones (excluding diaryl/α,β-unsaturated/α-hetero) is 1. The Labute approximate surface area is 576 Å². The molecule has 7 amide bonds. The molecule has 0 spiro atoms. The van der Waals surface area contributed by atoms with Gasteiger partial charge in [0.1, 0.15) is 54.2 Å². The van der Waals surface area contributed by atoms with Crippen molar-refractivity contribution in [3.8, 4) is 23.0 Å². The number of halogens is 1. The standard InChI is InChI=1S/C74H90FN7O17/c1-48-18-17-32-78(4)68(87)57(38-49-19-11-9-12-20-49)76-64(83)45-79(5)69(88)58(39-50-21-13-10-14-22-50)77-67(86)60(40-51-24-28-55(29-25-51)98-73(92)81-34-36-95-37-35-81)80(6)65(84)46-96-56-43-53(42-54(75)44-56)61(30-26-52-27-31-62(93-7)63(41-52)94-8)99-72(91)59-23-15-16-33-82(59)70(89)66(85)74(2,3)47-97-71(48)90/h9-14,19-22,24-25,27-29,31,41-44,48,57-61H,15-18,23,26,30,32-40,45-47H2,1-8H3,(H,76,83)(H,77,86)/t48?,57-,58-,59+,60+,61-/m1/s1. The fraction of sp³-hybridized carbons (Fsp3) is 0.459. The Kier molecular flexibility index (Phi) is 26.9. The molecule has 6 atom stereocenters. The first kappa shape index (κ1) is 74.9. The van der Waals surface area contributed by atoms with Gasteiger partial charge in [-0.3, -0.25) is 38.4 Å². The lowest BCUT2D eigenvalue weighted by molar-refractivity contribution is -0.166. The zero-order chi connectivity index (χ0) is 71.3. The van der Waals surface area contributed by atoms with Crippen molar-refractivity contribution < 1.29 is 85.5 Å². The number of likely N-dealkylation sites (N-methyl/N-ethyl adjacent to an activating group) is 3. The number of hydrogen-bond donors (Lipinski definition) is 2. The van der Waals surface area contributed by atoms with Crippen LogP contribution in [-0.2, 0) is 83.0 Å². The lowest BCUT2D eigenvalue weighted by atomic mass is 9.87. The molecule has 5 aromatic carbocycles. The number of aryl methyl sites for hydroxylation is 1. The second-order valence-electron chi connectivity index (χ2n) is 25.9. The van der Waals surface area contributed by atoms with Crippen molar-refractivity contribution in [2.24, 2.45) is 11.3 Å². The molecule has 2 bridgehead atoms. The van der Waals surface area contributed by atoms with Crippen LogP contribution in [0.5, 0.6) is 23.0 Å². The Morgan fingerprint density at radius 1 is 0.646 bits per heavy atom. The van der Waals surface area contributed by atoms with Gasteiger partial charge in [0.25, 0.3) is 11.8 Å². The molecule has 3 heterocycles. The van der Waals surface area contributed by atoms with E-state index in [0.29, 0.717) is 68.2 Å². The van der Waals surface area contributed by atoms with Crippen LogP contribution in [0.25, 0.3) is 0 Å². The fourth-order valence-corrected chi connectivity index (χ4v) is 11.9. The largest absolute Gasteiger partial charge is 0.493 e. The molecule has 25 heteroatoms. The molecule has 8 rings (SSSR count). The summed E-state index contributed by atoms with van der Waals surface area (Å²) in [6, 6.07) is 27.9. The molecule has 3 aliphatic rings. The molecule has 0 saturated carbocycles. The summed E-state index contributed by atoms with van der Waals surface area (Å²) in [5.74, 6) is -7.44. The maximum atomic E-state index is 16.2. The van der Waals surface area contributed by atoms with Crippen LogP contribution in [0.15, 0.2) is 121 Å². The lowest BCUT2D eigenvalue weighted by Crippen LogP contribution is -2.57. The number of ether oxygens (including phenoxy) is 7. The van der Waals surface area contributed by atoms with Crippen LogP contribution in [0, 0.1) is 17.2 Å². The van der Waals surface area contributed by atoms with Crippen LogP contribution >= 0.6 is 0 Å². The molecule has 2 fully saturated rings. The number of hydrogen-bond acceptors (Lipinski definition) is 17. The molecule has 24 nitrogen and oxygen atoms in total. The minimum Gasteiger partial charge on any atom is -0.493 e. The lowest BCUT2D eigenvalue weighted by Gasteiger charge is -2.36. The summed E-state index contributed by atoms with van der Waals surface area (Å²) in [6.07, 6.45) is -0.0431. The predicted octanol–water partition coefficient (Wildman–Crippen LogP) is 6.66. The number of nitrogens with zero attached hydrogens (tertiary/aromatic N) is 5. The van der Waals surface area contributed by atoms with E-state index < -0.39 is 126 Å². The van der Waals surface area contributed by atoms with E-state index in [9.17, 15) is 43.2 Å². The highest BCUT2D eigenvalue weighted by atomic mass is 19.1. The summed E-state index contributed by atoms with van der Waals surface area (Å²) in [6.45, 7) is 4.35. The predicted molar refractivity (Wildman–Crippen MR) is 361 cm³/mol. The molecule has 2 saturated heterocycles. The number of carbonyl (C=O) groups excluding carboxylic acids is 10. The van der Waals surface area contributed by atoms with E-state index in [1.807, 2.05) is 6.07 Å². The average molecular weight is 1370 g/mol. The molecule has 530 valence electrons. The van der Waals surface area contributed by atoms with E-state index in [2.05, 4.69) is 10.6 Å². The topological polar surface area (TPSA) is 276 Å². The summed E-state index contributed by atoms with van der Waals surface area (Å²) in [5, 5.41) is 5.71. The molecule has 0 radical (unpaired) electrons. The molecular weight excluding hydrogens is 1280 g/mol. The maximum absolute atomic E-state index is 16.2. The second-order valence-corrected chi connectivity index (χ2v) is 25.9. The van der Waals surface area contributed by atoms with Gasteiger partial charge in [-0.05, 0) is 123 Å². The van der Waals surface area contributed by atoms with Crippen molar-refractivity contribution in [2.45, 2.75) is 115 Å². The van der Waals surface area contributed by atoms with Crippen molar-refractivity contribution in [3.63, 3.8) is 0 Å². The summed E-state index contributed by atoms with van der Waals surface area (Å²) in [4.78, 5) is 149. The van der Waals surface area contributed by atoms with Gasteiger partial charge in [-0.25, -0.2) is 14.0 Å². The van der Waals surface area contributed by atoms with Crippen LogP contribution in [0.1, 0.15) is 93.2 Å². The molecule has 99 heavy (non-hydrogen) atoms. The summed E-state index contributed by atoms with van der Waals surface area (Å²) in [7, 11) is 7.29. The average Bonchev–Trinajstić information content (AvgIpc) is 0.811. The highest BCUT2D eigenvalue weighted by Crippen LogP contribution is 2.34. The number of carbonyl (C=O) groups is 10. The third-order valence-corrected chi connectivity index (χ3v) is 17.9. The van der Waals surface area contributed by atoms with Crippen LogP contribution in [0.3, 0.4) is 0 Å². The Morgan fingerprint density at radius 3 is 1.93 bits per heavy atom. The Morgan fingerprint density at radius 2 is 1.27 bits per heavy atom. The van der Waals surface area contributed by atoms with Crippen molar-refractivity contribution in [1.29, 1.82) is 0 Å². The number of methoxy groups -OCH3 is 2. The molecule has 3 aliphatic heterocycles. The number of rotatable bonds is 12. The summed E-state index contributed by atoms with van der Waals surface area (Å²) < 4.78 is 56.2. The number of ketones is 1. The van der Waals surface area contributed by atoms with Crippen molar-refractivity contribution in [2.75, 3.05) is 94.5 Å². The molecular formula is C74H90FN7O17. The zero-order valence-corrected chi connectivity index (χ0v) is 57.5. The van der Waals surface area contributed by atoms with Gasteiger partial charge in [0.2, 0.25) is 29.4 Å². The van der Waals surface area contributed by atoms with Gasteiger partial charge < -0.3 is 68.3 Å². The van der Waals surface area contributed by atoms with Gasteiger partial charge in [0, 0.05) is 72.7 Å². The van der Waals surface area contributed by atoms with Gasteiger partial charge in [0.15, 0.2) is 18.1 Å². The van der Waals surface area contributed by atoms with E-state index in [1.54, 1.807) is 111 Å². The molecule has 1 unspecified atom stereocenters. The van der Waals surface area contributed by atoms with E-state index in [0.717, 1.165) is 33.1 Å². The number of morpholine rings is 1. The highest BCUT2D eigenvalue weighted by Gasteiger charge is 2.43. The zero-order valence-electron chi connectivity index (χ0n) is 57.5. The highest BCUT2D eigenvalue weighted by molar-refractivity contribution is 6.38. The van der Waals surface area contributed by atoms with Gasteiger partial charge in [-0.1, -0.05) is 85.8 Å². The number of amides is 7. The molecule has 5 aromatic rings. The number of benzene rings is 5. The number of nitrogens with one attached hydrogen (secondary N) is 2. The minimum atomic E-state index is -1.55. The third kappa shape index (κ3) is 21.1. The van der Waals surface area contributed by atoms with E-state index in [4.69, 9.17) is 33.2 Å². The molecule has 0 aromatic heterocycles. The van der Waals surface area contributed by atoms with Crippen molar-refractivity contribution in [3.05, 3.63) is 155 Å². The van der Waals surface area contributed by atoms with Gasteiger partial charge in [-0.2, -0.15) is 0 Å². The fourth-order valence-electron chi connectivity index (χ4n) is 11.9. The van der Waals surface area contributed by atoms with Gasteiger partial charge in [-0.15, -0.1) is 0 Å². The molecule has 0 aliphatic carbocycles. The smallest absolute Gasteiger partial charge is 0.415 e. The first-order valence-electron chi connectivity index (χ1n) is 33.3. The first-order chi connectivity index (χ1) is 47.4. The van der Waals surface area contributed by atoms with Crippen LogP contribution < -0.4 is 29.6 Å². The van der Waals surface area contributed by atoms with Crippen molar-refractivity contribution >= 4 is 59.3 Å². The van der Waals surface area contributed by atoms with Crippen LogP contribution in [-0.4, -0.2) is 202 Å². The van der Waals surface area contributed by atoms with Gasteiger partial charge >= 0.3 is 18.0 Å². The van der Waals surface area contributed by atoms with E-state index >= 15 is 9.18 Å². The number of esters is 2. The monoisotopic (exact) mass is 1370 g/mol. The Hall–Kier alpha value is -9.91. The summed E-state index contributed by atoms with van der Waals surface area (Å²) in [5.41, 5.74) is 1.15. The summed E-state index contributed by atoms with van der Waals surface area (Å²) >= 11 is 0. The molecule has 2 N–H and O–H groups in total.